The number of hydrogen-bond acceptors (Lipinski definition) is 2. The van der Waals surface area contributed by atoms with Crippen molar-refractivity contribution in [3.63, 3.8) is 0 Å². The van der Waals surface area contributed by atoms with Crippen molar-refractivity contribution in [3.05, 3.63) is 12.7 Å². The molecule has 0 saturated heterocycles. The normalized spacial score (nSPS) is 31.1. The lowest BCUT2D eigenvalue weighted by Crippen LogP contribution is -2.13. The molecule has 13 heavy (non-hydrogen) atoms. The fraction of sp³-hybridized carbons (Fsp3) is 0.700. The molecule has 1 saturated carbocycles. The molecule has 0 N–H and O–H groups in total. The second-order valence-electron chi connectivity index (χ2n) is 3.44. The molecule has 0 aromatic heterocycles. The molecule has 1 rings (SSSR count). The van der Waals surface area contributed by atoms with Gasteiger partial charge in [-0.15, -0.1) is 6.58 Å². The first-order valence-corrected chi connectivity index (χ1v) is 5.37. The van der Waals surface area contributed by atoms with Crippen LogP contribution in [0.1, 0.15) is 26.2 Å². The average Bonchev–Trinajstić information content (AvgIpc) is 2.62. The Morgan fingerprint density at radius 1 is 1.85 bits per heavy atom. The molecule has 0 aliphatic heterocycles. The van der Waals surface area contributed by atoms with Crippen LogP contribution < -0.4 is 0 Å². The summed E-state index contributed by atoms with van der Waals surface area (Å²) in [5, 5.41) is 0. The van der Waals surface area contributed by atoms with Gasteiger partial charge >= 0.3 is 5.97 Å². The lowest BCUT2D eigenvalue weighted by atomic mass is 10.2. The highest BCUT2D eigenvalue weighted by molar-refractivity contribution is 9.10. The Bertz CT molecular complexity index is 215. The van der Waals surface area contributed by atoms with Crippen LogP contribution in [0.3, 0.4) is 0 Å². The monoisotopic (exact) mass is 246 g/mol. The summed E-state index contributed by atoms with van der Waals surface area (Å²) in [5.41, 5.74) is 0. The van der Waals surface area contributed by atoms with Crippen molar-refractivity contribution in [2.45, 2.75) is 30.5 Å². The van der Waals surface area contributed by atoms with Crippen LogP contribution in [0.2, 0.25) is 0 Å². The van der Waals surface area contributed by atoms with Crippen molar-refractivity contribution in [3.8, 4) is 0 Å². The van der Waals surface area contributed by atoms with Gasteiger partial charge in [0.25, 0.3) is 0 Å². The van der Waals surface area contributed by atoms with Gasteiger partial charge in [-0.25, -0.2) is 0 Å². The first-order valence-electron chi connectivity index (χ1n) is 4.58. The number of esters is 1. The van der Waals surface area contributed by atoms with E-state index in [-0.39, 0.29) is 10.3 Å². The van der Waals surface area contributed by atoms with E-state index in [4.69, 9.17) is 4.74 Å². The van der Waals surface area contributed by atoms with Crippen LogP contribution in [-0.4, -0.2) is 16.9 Å². The molecule has 2 nitrogen and oxygen atoms in total. The van der Waals surface area contributed by atoms with Crippen LogP contribution in [0.25, 0.3) is 0 Å². The van der Waals surface area contributed by atoms with E-state index in [2.05, 4.69) is 22.5 Å². The third-order valence-corrected chi connectivity index (χ3v) is 3.60. The zero-order valence-corrected chi connectivity index (χ0v) is 9.47. The third-order valence-electron chi connectivity index (χ3n) is 2.35. The van der Waals surface area contributed by atoms with E-state index in [0.29, 0.717) is 18.9 Å². The number of allylic oxidation sites excluding steroid dienone is 1. The summed E-state index contributed by atoms with van der Waals surface area (Å²) >= 11 is 3.58. The molecule has 74 valence electrons. The first-order chi connectivity index (χ1) is 6.12. The molecule has 1 aliphatic rings. The van der Waals surface area contributed by atoms with Gasteiger partial charge in [0.05, 0.1) is 13.0 Å². The van der Waals surface area contributed by atoms with Gasteiger partial charge < -0.3 is 4.74 Å². The van der Waals surface area contributed by atoms with E-state index in [1.807, 2.05) is 13.0 Å². The van der Waals surface area contributed by atoms with Gasteiger partial charge in [0.15, 0.2) is 0 Å². The predicted octanol–water partition coefficient (Wildman–Crippen LogP) is 2.67. The SMILES string of the molecule is C=CCC1CC1(Br)CC(=O)OCC. The average molecular weight is 247 g/mol. The van der Waals surface area contributed by atoms with Crippen molar-refractivity contribution < 1.29 is 9.53 Å². The molecule has 0 spiro atoms. The summed E-state index contributed by atoms with van der Waals surface area (Å²) in [4.78, 5) is 11.2. The molecule has 0 radical (unpaired) electrons. The number of rotatable bonds is 5. The van der Waals surface area contributed by atoms with Crippen molar-refractivity contribution in [1.82, 2.24) is 0 Å². The molecule has 0 amide bonds. The lowest BCUT2D eigenvalue weighted by molar-refractivity contribution is -0.143. The maximum absolute atomic E-state index is 11.2. The molecular formula is C10H15BrO2. The van der Waals surface area contributed by atoms with Gasteiger partial charge in [-0.05, 0) is 25.7 Å². The van der Waals surface area contributed by atoms with Crippen LogP contribution in [0, 0.1) is 5.92 Å². The van der Waals surface area contributed by atoms with Gasteiger partial charge in [0.1, 0.15) is 0 Å². The van der Waals surface area contributed by atoms with Gasteiger partial charge in [-0.2, -0.15) is 0 Å². The van der Waals surface area contributed by atoms with Crippen LogP contribution in [0.15, 0.2) is 12.7 Å². The van der Waals surface area contributed by atoms with Crippen molar-refractivity contribution in [2.24, 2.45) is 5.92 Å². The summed E-state index contributed by atoms with van der Waals surface area (Å²) in [6, 6.07) is 0. The lowest BCUT2D eigenvalue weighted by Gasteiger charge is -2.07. The molecule has 0 heterocycles. The summed E-state index contributed by atoms with van der Waals surface area (Å²) in [5.74, 6) is 0.459. The Morgan fingerprint density at radius 3 is 3.08 bits per heavy atom. The van der Waals surface area contributed by atoms with Crippen LogP contribution in [-0.2, 0) is 9.53 Å². The Balaban J connectivity index is 2.30. The van der Waals surface area contributed by atoms with Crippen LogP contribution >= 0.6 is 15.9 Å². The summed E-state index contributed by atoms with van der Waals surface area (Å²) < 4.78 is 4.90. The second kappa shape index (κ2) is 4.27. The maximum atomic E-state index is 11.2. The quantitative estimate of drug-likeness (QED) is 0.424. The Labute approximate surface area is 87.5 Å². The first kappa shape index (κ1) is 10.8. The number of alkyl halides is 1. The van der Waals surface area contributed by atoms with E-state index in [1.54, 1.807) is 0 Å². The minimum absolute atomic E-state index is 0.00738. The van der Waals surface area contributed by atoms with E-state index in [0.717, 1.165) is 12.8 Å². The minimum Gasteiger partial charge on any atom is -0.466 e. The van der Waals surface area contributed by atoms with Crippen molar-refractivity contribution in [1.29, 1.82) is 0 Å². The molecule has 0 bridgehead atoms. The number of ether oxygens (including phenoxy) is 1. The van der Waals surface area contributed by atoms with Gasteiger partial charge in [0, 0.05) is 4.32 Å². The van der Waals surface area contributed by atoms with Crippen molar-refractivity contribution >= 4 is 21.9 Å². The predicted molar refractivity (Wildman–Crippen MR) is 55.8 cm³/mol. The Morgan fingerprint density at radius 2 is 2.54 bits per heavy atom. The zero-order chi connectivity index (χ0) is 9.90. The molecule has 3 heteroatoms. The standard InChI is InChI=1S/C10H15BrO2/c1-3-5-8-6-10(8,11)7-9(12)13-4-2/h3,8H,1,4-7H2,2H3. The summed E-state index contributed by atoms with van der Waals surface area (Å²) in [6.07, 6.45) is 4.42. The van der Waals surface area contributed by atoms with Gasteiger partial charge in [-0.1, -0.05) is 22.0 Å². The number of halogens is 1. The fourth-order valence-electron chi connectivity index (χ4n) is 1.51. The van der Waals surface area contributed by atoms with Gasteiger partial charge in [0.2, 0.25) is 0 Å². The number of hydrogen-bond donors (Lipinski definition) is 0. The Hall–Kier alpha value is -0.310. The summed E-state index contributed by atoms with van der Waals surface area (Å²) in [6.45, 7) is 5.98. The van der Waals surface area contributed by atoms with E-state index in [9.17, 15) is 4.79 Å². The van der Waals surface area contributed by atoms with E-state index < -0.39 is 0 Å². The summed E-state index contributed by atoms with van der Waals surface area (Å²) in [7, 11) is 0. The van der Waals surface area contributed by atoms with Crippen molar-refractivity contribution in [2.75, 3.05) is 6.61 Å². The zero-order valence-electron chi connectivity index (χ0n) is 7.88. The minimum atomic E-state index is -0.106. The highest BCUT2D eigenvalue weighted by Gasteiger charge is 2.52. The third kappa shape index (κ3) is 2.83. The molecule has 1 aliphatic carbocycles. The Kier molecular flexibility index (Phi) is 3.54. The van der Waals surface area contributed by atoms with Crippen LogP contribution in [0.4, 0.5) is 0 Å². The number of carbonyl (C=O) groups is 1. The maximum Gasteiger partial charge on any atom is 0.307 e. The number of carbonyl (C=O) groups excluding carboxylic acids is 1. The fourth-order valence-corrected chi connectivity index (χ4v) is 2.32. The smallest absolute Gasteiger partial charge is 0.307 e. The van der Waals surface area contributed by atoms with E-state index in [1.165, 1.54) is 0 Å². The second-order valence-corrected chi connectivity index (χ2v) is 5.02. The topological polar surface area (TPSA) is 26.3 Å². The molecular weight excluding hydrogens is 232 g/mol. The molecule has 2 atom stereocenters. The molecule has 0 aromatic carbocycles. The highest BCUT2D eigenvalue weighted by Crippen LogP contribution is 2.55. The van der Waals surface area contributed by atoms with Crippen LogP contribution in [0.5, 0.6) is 0 Å². The molecule has 2 unspecified atom stereocenters. The highest BCUT2D eigenvalue weighted by atomic mass is 79.9. The molecule has 1 fully saturated rings. The largest absolute Gasteiger partial charge is 0.466 e. The van der Waals surface area contributed by atoms with Gasteiger partial charge in [-0.3, -0.25) is 4.79 Å². The van der Waals surface area contributed by atoms with E-state index >= 15 is 0 Å². The molecule has 0 aromatic rings.